The molecule has 0 radical (unpaired) electrons. The number of ether oxygens (including phenoxy) is 1. The van der Waals surface area contributed by atoms with Crippen molar-refractivity contribution in [2.75, 3.05) is 13.2 Å². The molecular formula is C19H16NO4-. The SMILES string of the molecule is O=C([O-])[C@H]1CCN1C(=O)OCC1c2ccccc2-c2ccccc21. The predicted molar refractivity (Wildman–Crippen MR) is 85.2 cm³/mol. The minimum atomic E-state index is -1.23. The maximum absolute atomic E-state index is 12.1. The molecule has 1 aliphatic carbocycles. The Kier molecular flexibility index (Phi) is 3.49. The van der Waals surface area contributed by atoms with Gasteiger partial charge in [-0.25, -0.2) is 4.79 Å². The zero-order chi connectivity index (χ0) is 16.7. The second kappa shape index (κ2) is 5.67. The average Bonchev–Trinajstić information content (AvgIpc) is 2.85. The van der Waals surface area contributed by atoms with Gasteiger partial charge in [0.15, 0.2) is 0 Å². The molecule has 2 aliphatic rings. The van der Waals surface area contributed by atoms with Crippen LogP contribution in [0.2, 0.25) is 0 Å². The number of carbonyl (C=O) groups excluding carboxylic acids is 2. The Hall–Kier alpha value is -2.82. The summed E-state index contributed by atoms with van der Waals surface area (Å²) in [7, 11) is 0. The third-order valence-electron chi connectivity index (χ3n) is 4.86. The highest BCUT2D eigenvalue weighted by atomic mass is 16.6. The largest absolute Gasteiger partial charge is 0.548 e. The van der Waals surface area contributed by atoms with Crippen LogP contribution in [0.5, 0.6) is 0 Å². The van der Waals surface area contributed by atoms with Crippen LogP contribution in [0.4, 0.5) is 4.79 Å². The van der Waals surface area contributed by atoms with Crippen molar-refractivity contribution in [3.8, 4) is 11.1 Å². The molecule has 0 saturated carbocycles. The van der Waals surface area contributed by atoms with Gasteiger partial charge in [-0.1, -0.05) is 48.5 Å². The van der Waals surface area contributed by atoms with Crippen LogP contribution in [0.1, 0.15) is 23.5 Å². The molecule has 0 N–H and O–H groups in total. The highest BCUT2D eigenvalue weighted by Gasteiger charge is 2.35. The number of benzene rings is 2. The molecule has 0 spiro atoms. The fourth-order valence-corrected chi connectivity index (χ4v) is 3.53. The first-order valence-corrected chi connectivity index (χ1v) is 7.99. The van der Waals surface area contributed by atoms with Gasteiger partial charge < -0.3 is 14.6 Å². The molecule has 0 aromatic heterocycles. The molecule has 24 heavy (non-hydrogen) atoms. The van der Waals surface area contributed by atoms with E-state index in [4.69, 9.17) is 4.74 Å². The molecular weight excluding hydrogens is 306 g/mol. The minimum Gasteiger partial charge on any atom is -0.548 e. The van der Waals surface area contributed by atoms with Crippen molar-refractivity contribution in [1.82, 2.24) is 4.90 Å². The number of amides is 1. The van der Waals surface area contributed by atoms with Crippen molar-refractivity contribution in [2.24, 2.45) is 0 Å². The van der Waals surface area contributed by atoms with E-state index in [1.54, 1.807) is 0 Å². The van der Waals surface area contributed by atoms with E-state index in [0.29, 0.717) is 13.0 Å². The van der Waals surface area contributed by atoms with Crippen LogP contribution in [-0.2, 0) is 9.53 Å². The molecule has 122 valence electrons. The van der Waals surface area contributed by atoms with Crippen molar-refractivity contribution in [3.05, 3.63) is 59.7 Å². The molecule has 1 fully saturated rings. The van der Waals surface area contributed by atoms with Crippen LogP contribution in [0.3, 0.4) is 0 Å². The van der Waals surface area contributed by atoms with E-state index < -0.39 is 18.1 Å². The first-order valence-electron chi connectivity index (χ1n) is 7.99. The predicted octanol–water partition coefficient (Wildman–Crippen LogP) is 1.76. The highest BCUT2D eigenvalue weighted by molar-refractivity contribution is 5.81. The Morgan fingerprint density at radius 1 is 1.04 bits per heavy atom. The third kappa shape index (κ3) is 2.24. The van der Waals surface area contributed by atoms with Crippen molar-refractivity contribution in [1.29, 1.82) is 0 Å². The highest BCUT2D eigenvalue weighted by Crippen LogP contribution is 2.44. The number of hydrogen-bond acceptors (Lipinski definition) is 4. The van der Waals surface area contributed by atoms with Crippen molar-refractivity contribution in [3.63, 3.8) is 0 Å². The second-order valence-electron chi connectivity index (χ2n) is 6.12. The van der Waals surface area contributed by atoms with Gasteiger partial charge in [0.25, 0.3) is 0 Å². The summed E-state index contributed by atoms with van der Waals surface area (Å²) in [5.41, 5.74) is 4.58. The maximum Gasteiger partial charge on any atom is 0.410 e. The molecule has 5 heteroatoms. The molecule has 0 unspecified atom stereocenters. The van der Waals surface area contributed by atoms with E-state index in [2.05, 4.69) is 12.1 Å². The number of fused-ring (bicyclic) bond motifs is 3. The molecule has 1 saturated heterocycles. The van der Waals surface area contributed by atoms with Crippen molar-refractivity contribution >= 4 is 12.1 Å². The molecule has 1 aliphatic heterocycles. The fourth-order valence-electron chi connectivity index (χ4n) is 3.53. The van der Waals surface area contributed by atoms with Crippen molar-refractivity contribution < 1.29 is 19.4 Å². The molecule has 5 nitrogen and oxygen atoms in total. The lowest BCUT2D eigenvalue weighted by Gasteiger charge is -2.40. The zero-order valence-electron chi connectivity index (χ0n) is 13.0. The average molecular weight is 322 g/mol. The number of rotatable bonds is 3. The summed E-state index contributed by atoms with van der Waals surface area (Å²) in [5.74, 6) is -1.25. The number of hydrogen-bond donors (Lipinski definition) is 0. The van der Waals surface area contributed by atoms with Gasteiger partial charge in [-0.2, -0.15) is 0 Å². The monoisotopic (exact) mass is 322 g/mol. The van der Waals surface area contributed by atoms with Gasteiger partial charge in [-0.05, 0) is 28.7 Å². The molecule has 4 rings (SSSR count). The summed E-state index contributed by atoms with van der Waals surface area (Å²) < 4.78 is 5.42. The third-order valence-corrected chi connectivity index (χ3v) is 4.86. The summed E-state index contributed by atoms with van der Waals surface area (Å²) in [6.45, 7) is 0.596. The Balaban J connectivity index is 1.53. The fraction of sp³-hybridized carbons (Fsp3) is 0.263. The molecule has 2 aromatic rings. The van der Waals surface area contributed by atoms with Gasteiger partial charge in [-0.15, -0.1) is 0 Å². The van der Waals surface area contributed by atoms with E-state index in [0.717, 1.165) is 22.3 Å². The van der Waals surface area contributed by atoms with Crippen LogP contribution in [0.15, 0.2) is 48.5 Å². The molecule has 2 aromatic carbocycles. The van der Waals surface area contributed by atoms with E-state index in [1.807, 2.05) is 36.4 Å². The zero-order valence-corrected chi connectivity index (χ0v) is 13.0. The molecule has 1 atom stereocenters. The number of likely N-dealkylation sites (tertiary alicyclic amines) is 1. The number of nitrogens with zero attached hydrogens (tertiary/aromatic N) is 1. The van der Waals surface area contributed by atoms with E-state index >= 15 is 0 Å². The standard InChI is InChI=1S/C19H17NO4/c21-18(22)17-9-10-20(17)19(23)24-11-16-14-7-3-1-5-12(14)13-6-2-4-8-15(13)16/h1-8,16-17H,9-11H2,(H,21,22)/p-1/t17-/m1/s1. The summed E-state index contributed by atoms with van der Waals surface area (Å²) in [4.78, 5) is 24.3. The van der Waals surface area contributed by atoms with Crippen LogP contribution in [0.25, 0.3) is 11.1 Å². The van der Waals surface area contributed by atoms with Gasteiger partial charge in [0.2, 0.25) is 0 Å². The number of aliphatic carboxylic acids is 1. The van der Waals surface area contributed by atoms with Crippen LogP contribution < -0.4 is 5.11 Å². The quantitative estimate of drug-likeness (QED) is 0.863. The van der Waals surface area contributed by atoms with Crippen LogP contribution in [0, 0.1) is 0 Å². The number of carbonyl (C=O) groups is 2. The van der Waals surface area contributed by atoms with E-state index in [1.165, 1.54) is 4.90 Å². The first kappa shape index (κ1) is 14.8. The first-order chi connectivity index (χ1) is 11.7. The smallest absolute Gasteiger partial charge is 0.410 e. The summed E-state index contributed by atoms with van der Waals surface area (Å²) >= 11 is 0. The van der Waals surface area contributed by atoms with E-state index in [9.17, 15) is 14.7 Å². The van der Waals surface area contributed by atoms with Crippen LogP contribution in [-0.4, -0.2) is 36.2 Å². The molecule has 1 heterocycles. The summed E-state index contributed by atoms with van der Waals surface area (Å²) in [6, 6.07) is 15.3. The Bertz CT molecular complexity index is 771. The molecule has 0 bridgehead atoms. The number of carboxylic acid groups (broad SMARTS) is 1. The minimum absolute atomic E-state index is 0.0240. The summed E-state index contributed by atoms with van der Waals surface area (Å²) in [6.07, 6.45) is -0.163. The van der Waals surface area contributed by atoms with E-state index in [-0.39, 0.29) is 12.5 Å². The van der Waals surface area contributed by atoms with Gasteiger partial charge in [-0.3, -0.25) is 4.90 Å². The number of carboxylic acids is 1. The molecule has 1 amide bonds. The second-order valence-corrected chi connectivity index (χ2v) is 6.12. The lowest BCUT2D eigenvalue weighted by atomic mass is 9.98. The Morgan fingerprint density at radius 3 is 2.12 bits per heavy atom. The Labute approximate surface area is 139 Å². The van der Waals surface area contributed by atoms with Gasteiger partial charge in [0.05, 0.1) is 12.0 Å². The summed E-state index contributed by atoms with van der Waals surface area (Å²) in [5, 5.41) is 10.9. The normalized spacial score (nSPS) is 18.5. The topological polar surface area (TPSA) is 69.7 Å². The van der Waals surface area contributed by atoms with Crippen LogP contribution >= 0.6 is 0 Å². The van der Waals surface area contributed by atoms with Gasteiger partial charge >= 0.3 is 6.09 Å². The van der Waals surface area contributed by atoms with Gasteiger partial charge in [0, 0.05) is 12.5 Å². The maximum atomic E-state index is 12.1. The van der Waals surface area contributed by atoms with Gasteiger partial charge in [0.1, 0.15) is 6.61 Å². The lowest BCUT2D eigenvalue weighted by Crippen LogP contribution is -2.59. The Morgan fingerprint density at radius 2 is 1.62 bits per heavy atom. The lowest BCUT2D eigenvalue weighted by molar-refractivity contribution is -0.314. The van der Waals surface area contributed by atoms with Crippen molar-refractivity contribution in [2.45, 2.75) is 18.4 Å².